The van der Waals surface area contributed by atoms with E-state index in [1.54, 1.807) is 18.0 Å². The van der Waals surface area contributed by atoms with Crippen LogP contribution in [0.15, 0.2) is 24.3 Å². The van der Waals surface area contributed by atoms with Crippen molar-refractivity contribution in [3.8, 4) is 0 Å². The Balaban J connectivity index is 1.60. The van der Waals surface area contributed by atoms with Gasteiger partial charge in [0.2, 0.25) is 0 Å². The Morgan fingerprint density at radius 2 is 2.21 bits per heavy atom. The average Bonchev–Trinajstić information content (AvgIpc) is 2.56. The van der Waals surface area contributed by atoms with Crippen LogP contribution in [-0.4, -0.2) is 48.6 Å². The number of halogens is 1. The molecule has 1 aromatic carbocycles. The number of nitrogens with one attached hydrogen (secondary N) is 1. The lowest BCUT2D eigenvalue weighted by Gasteiger charge is -2.33. The van der Waals surface area contributed by atoms with E-state index in [-0.39, 0.29) is 11.8 Å². The zero-order valence-corrected chi connectivity index (χ0v) is 14.9. The first-order valence-electron chi connectivity index (χ1n) is 9.03. The van der Waals surface area contributed by atoms with Crippen LogP contribution in [0.2, 0.25) is 0 Å². The maximum Gasteiger partial charge on any atom is 0.317 e. The third-order valence-electron chi connectivity index (χ3n) is 4.74. The molecule has 0 spiro atoms. The third kappa shape index (κ3) is 6.11. The smallest absolute Gasteiger partial charge is 0.317 e. The van der Waals surface area contributed by atoms with Crippen molar-refractivity contribution < 1.29 is 9.18 Å². The van der Waals surface area contributed by atoms with Gasteiger partial charge in [-0.05, 0) is 63.4 Å². The zero-order valence-electron chi connectivity index (χ0n) is 14.9. The Morgan fingerprint density at radius 3 is 2.96 bits per heavy atom. The molecule has 1 N–H and O–H groups in total. The van der Waals surface area contributed by atoms with Crippen LogP contribution in [0.1, 0.15) is 44.6 Å². The maximum atomic E-state index is 13.2. The standard InChI is InChI=1S/C19H30FN3O/c1-16-8-3-5-12-23(16)13-6-4-11-21-19(24)22(2)15-17-9-7-10-18(20)14-17/h7,9-10,14,16H,3-6,8,11-13,15H2,1-2H3,(H,21,24). The van der Waals surface area contributed by atoms with E-state index in [4.69, 9.17) is 0 Å². The SMILES string of the molecule is CC1CCCCN1CCCCNC(=O)N(C)Cc1cccc(F)c1. The molecule has 1 heterocycles. The number of carbonyl (C=O) groups excluding carboxylic acids is 1. The molecule has 1 saturated heterocycles. The Morgan fingerprint density at radius 1 is 1.38 bits per heavy atom. The molecule has 0 radical (unpaired) electrons. The van der Waals surface area contributed by atoms with Gasteiger partial charge >= 0.3 is 6.03 Å². The molecule has 1 aliphatic rings. The molecule has 134 valence electrons. The van der Waals surface area contributed by atoms with E-state index in [0.717, 1.165) is 24.9 Å². The molecule has 2 amide bonds. The van der Waals surface area contributed by atoms with Gasteiger partial charge in [-0.15, -0.1) is 0 Å². The van der Waals surface area contributed by atoms with Crippen molar-refractivity contribution >= 4 is 6.03 Å². The number of piperidine rings is 1. The molecule has 1 atom stereocenters. The van der Waals surface area contributed by atoms with Crippen molar-refractivity contribution in [2.24, 2.45) is 0 Å². The predicted molar refractivity (Wildman–Crippen MR) is 95.4 cm³/mol. The van der Waals surface area contributed by atoms with Gasteiger partial charge in [0, 0.05) is 26.2 Å². The second-order valence-corrected chi connectivity index (χ2v) is 6.81. The molecule has 1 aromatic rings. The number of unbranched alkanes of at least 4 members (excludes halogenated alkanes) is 1. The van der Waals surface area contributed by atoms with Crippen molar-refractivity contribution in [1.82, 2.24) is 15.1 Å². The van der Waals surface area contributed by atoms with Gasteiger partial charge < -0.3 is 15.1 Å². The Labute approximate surface area is 145 Å². The first-order chi connectivity index (χ1) is 11.6. The normalized spacial score (nSPS) is 18.4. The van der Waals surface area contributed by atoms with E-state index in [1.165, 1.54) is 37.9 Å². The lowest BCUT2D eigenvalue weighted by molar-refractivity contribution is 0.158. The minimum Gasteiger partial charge on any atom is -0.338 e. The molecule has 0 aliphatic carbocycles. The van der Waals surface area contributed by atoms with Gasteiger partial charge in [-0.3, -0.25) is 0 Å². The number of benzene rings is 1. The Kier molecular flexibility index (Phi) is 7.50. The molecule has 4 nitrogen and oxygen atoms in total. The third-order valence-corrected chi connectivity index (χ3v) is 4.74. The number of rotatable bonds is 7. The van der Waals surface area contributed by atoms with Crippen LogP contribution < -0.4 is 5.32 Å². The molecule has 1 unspecified atom stereocenters. The zero-order chi connectivity index (χ0) is 17.4. The van der Waals surface area contributed by atoms with Crippen LogP contribution in [-0.2, 0) is 6.54 Å². The first-order valence-corrected chi connectivity index (χ1v) is 9.03. The van der Waals surface area contributed by atoms with E-state index in [1.807, 2.05) is 6.07 Å². The summed E-state index contributed by atoms with van der Waals surface area (Å²) in [7, 11) is 1.73. The minimum absolute atomic E-state index is 0.106. The quantitative estimate of drug-likeness (QED) is 0.773. The predicted octanol–water partition coefficient (Wildman–Crippen LogP) is 3.62. The summed E-state index contributed by atoms with van der Waals surface area (Å²) in [5.74, 6) is -0.270. The van der Waals surface area contributed by atoms with Gasteiger partial charge in [-0.2, -0.15) is 0 Å². The Hall–Kier alpha value is -1.62. The number of likely N-dealkylation sites (tertiary alicyclic amines) is 1. The van der Waals surface area contributed by atoms with Gasteiger partial charge in [0.25, 0.3) is 0 Å². The summed E-state index contributed by atoms with van der Waals surface area (Å²) in [6, 6.07) is 6.96. The van der Waals surface area contributed by atoms with Gasteiger partial charge in [-0.1, -0.05) is 18.6 Å². The lowest BCUT2D eigenvalue weighted by Crippen LogP contribution is -2.39. The van der Waals surface area contributed by atoms with E-state index in [9.17, 15) is 9.18 Å². The van der Waals surface area contributed by atoms with Crippen LogP contribution in [0.3, 0.4) is 0 Å². The van der Waals surface area contributed by atoms with Gasteiger partial charge in [-0.25, -0.2) is 9.18 Å². The molecule has 2 rings (SSSR count). The van der Waals surface area contributed by atoms with Gasteiger partial charge in [0.1, 0.15) is 5.82 Å². The van der Waals surface area contributed by atoms with E-state index < -0.39 is 0 Å². The molecule has 0 bridgehead atoms. The van der Waals surface area contributed by atoms with Crippen molar-refractivity contribution in [2.75, 3.05) is 26.7 Å². The summed E-state index contributed by atoms with van der Waals surface area (Å²) in [6.07, 6.45) is 6.07. The summed E-state index contributed by atoms with van der Waals surface area (Å²) in [5.41, 5.74) is 0.798. The second kappa shape index (κ2) is 9.62. The molecule has 0 aromatic heterocycles. The monoisotopic (exact) mass is 335 g/mol. The molecule has 5 heteroatoms. The van der Waals surface area contributed by atoms with Crippen LogP contribution in [0.5, 0.6) is 0 Å². The van der Waals surface area contributed by atoms with Crippen LogP contribution in [0.4, 0.5) is 9.18 Å². The lowest BCUT2D eigenvalue weighted by atomic mass is 10.0. The second-order valence-electron chi connectivity index (χ2n) is 6.81. The summed E-state index contributed by atoms with van der Waals surface area (Å²) in [5, 5.41) is 2.94. The van der Waals surface area contributed by atoms with Crippen molar-refractivity contribution in [3.05, 3.63) is 35.6 Å². The molecule has 1 aliphatic heterocycles. The average molecular weight is 335 g/mol. The highest BCUT2D eigenvalue weighted by atomic mass is 19.1. The minimum atomic E-state index is -0.270. The summed E-state index contributed by atoms with van der Waals surface area (Å²) in [4.78, 5) is 16.2. The molecule has 0 saturated carbocycles. The van der Waals surface area contributed by atoms with Crippen LogP contribution in [0.25, 0.3) is 0 Å². The molecular weight excluding hydrogens is 305 g/mol. The van der Waals surface area contributed by atoms with Crippen LogP contribution in [0, 0.1) is 5.82 Å². The highest BCUT2D eigenvalue weighted by molar-refractivity contribution is 5.73. The number of hydrogen-bond acceptors (Lipinski definition) is 2. The number of nitrogens with zero attached hydrogens (tertiary/aromatic N) is 2. The summed E-state index contributed by atoms with van der Waals surface area (Å²) in [6.45, 7) is 5.74. The Bertz CT molecular complexity index is 523. The van der Waals surface area contributed by atoms with Gasteiger partial charge in [0.05, 0.1) is 0 Å². The van der Waals surface area contributed by atoms with Gasteiger partial charge in [0.15, 0.2) is 0 Å². The maximum absolute atomic E-state index is 13.2. The van der Waals surface area contributed by atoms with E-state index >= 15 is 0 Å². The van der Waals surface area contributed by atoms with Crippen molar-refractivity contribution in [2.45, 2.75) is 51.6 Å². The fraction of sp³-hybridized carbons (Fsp3) is 0.632. The fourth-order valence-corrected chi connectivity index (χ4v) is 3.24. The molecule has 24 heavy (non-hydrogen) atoms. The van der Waals surface area contributed by atoms with E-state index in [0.29, 0.717) is 19.1 Å². The number of hydrogen-bond donors (Lipinski definition) is 1. The highest BCUT2D eigenvalue weighted by Gasteiger charge is 2.17. The summed E-state index contributed by atoms with van der Waals surface area (Å²) < 4.78 is 13.2. The highest BCUT2D eigenvalue weighted by Crippen LogP contribution is 2.16. The van der Waals surface area contributed by atoms with Crippen LogP contribution >= 0.6 is 0 Å². The first kappa shape index (κ1) is 18.7. The largest absolute Gasteiger partial charge is 0.338 e. The summed E-state index contributed by atoms with van der Waals surface area (Å²) >= 11 is 0. The van der Waals surface area contributed by atoms with Crippen molar-refractivity contribution in [3.63, 3.8) is 0 Å². The number of amides is 2. The fourth-order valence-electron chi connectivity index (χ4n) is 3.24. The van der Waals surface area contributed by atoms with E-state index in [2.05, 4.69) is 17.1 Å². The molecule has 1 fully saturated rings. The number of urea groups is 1. The van der Waals surface area contributed by atoms with Crippen molar-refractivity contribution in [1.29, 1.82) is 0 Å². The topological polar surface area (TPSA) is 35.6 Å². The number of carbonyl (C=O) groups is 1. The molecular formula is C19H30FN3O.